The second-order valence-corrected chi connectivity index (χ2v) is 6.61. The molecule has 0 bridgehead atoms. The van der Waals surface area contributed by atoms with Gasteiger partial charge in [-0.25, -0.2) is 0 Å². The van der Waals surface area contributed by atoms with Crippen molar-refractivity contribution in [3.05, 3.63) is 35.4 Å². The molecule has 1 aromatic rings. The third kappa shape index (κ3) is 4.53. The molecule has 0 atom stereocenters. The summed E-state index contributed by atoms with van der Waals surface area (Å²) in [4.78, 5) is 19.2. The number of piperazine rings is 2. The Kier molecular flexibility index (Phi) is 5.65. The summed E-state index contributed by atoms with van der Waals surface area (Å²) < 4.78 is 0. The van der Waals surface area contributed by atoms with E-state index < -0.39 is 0 Å². The molecular weight excluding hydrogens is 288 g/mol. The van der Waals surface area contributed by atoms with E-state index in [-0.39, 0.29) is 0 Å². The van der Waals surface area contributed by atoms with Gasteiger partial charge in [0.05, 0.1) is 6.54 Å². The number of nitrogens with zero attached hydrogens (tertiary/aromatic N) is 3. The van der Waals surface area contributed by atoms with Crippen molar-refractivity contribution in [2.75, 3.05) is 58.9 Å². The lowest BCUT2D eigenvalue weighted by Crippen LogP contribution is -2.53. The van der Waals surface area contributed by atoms with E-state index in [1.165, 1.54) is 11.1 Å². The standard InChI is InChI=1S/C18H28N4O/c1-16-4-2-3-5-17(16)14-21-10-12-22(13-11-21)18(23)15-20-8-6-19-7-9-20/h2-5,19H,6-15H2,1H3. The second kappa shape index (κ2) is 7.90. The highest BCUT2D eigenvalue weighted by molar-refractivity contribution is 5.78. The van der Waals surface area contributed by atoms with E-state index >= 15 is 0 Å². The number of hydrogen-bond acceptors (Lipinski definition) is 4. The molecule has 1 aromatic carbocycles. The van der Waals surface area contributed by atoms with Crippen molar-refractivity contribution in [3.63, 3.8) is 0 Å². The maximum atomic E-state index is 12.4. The summed E-state index contributed by atoms with van der Waals surface area (Å²) in [6, 6.07) is 8.57. The highest BCUT2D eigenvalue weighted by Crippen LogP contribution is 2.12. The van der Waals surface area contributed by atoms with E-state index in [0.29, 0.717) is 12.5 Å². The Balaban J connectivity index is 1.44. The highest BCUT2D eigenvalue weighted by atomic mass is 16.2. The Morgan fingerprint density at radius 1 is 1.00 bits per heavy atom. The van der Waals surface area contributed by atoms with Crippen molar-refractivity contribution in [1.82, 2.24) is 20.0 Å². The molecule has 2 heterocycles. The first-order chi connectivity index (χ1) is 11.2. The number of carbonyl (C=O) groups is 1. The lowest BCUT2D eigenvalue weighted by Gasteiger charge is -2.36. The van der Waals surface area contributed by atoms with E-state index in [4.69, 9.17) is 0 Å². The van der Waals surface area contributed by atoms with Crippen LogP contribution >= 0.6 is 0 Å². The highest BCUT2D eigenvalue weighted by Gasteiger charge is 2.23. The fourth-order valence-corrected chi connectivity index (χ4v) is 3.34. The molecule has 0 saturated carbocycles. The van der Waals surface area contributed by atoms with E-state index in [9.17, 15) is 4.79 Å². The SMILES string of the molecule is Cc1ccccc1CN1CCN(C(=O)CN2CCNCC2)CC1. The molecule has 0 aromatic heterocycles. The summed E-state index contributed by atoms with van der Waals surface area (Å²) in [7, 11) is 0. The van der Waals surface area contributed by atoms with Crippen molar-refractivity contribution in [2.24, 2.45) is 0 Å². The van der Waals surface area contributed by atoms with Gasteiger partial charge in [0.15, 0.2) is 0 Å². The zero-order valence-corrected chi connectivity index (χ0v) is 14.1. The van der Waals surface area contributed by atoms with E-state index in [2.05, 4.69) is 46.3 Å². The van der Waals surface area contributed by atoms with Gasteiger partial charge in [0.2, 0.25) is 5.91 Å². The van der Waals surface area contributed by atoms with Crippen LogP contribution < -0.4 is 5.32 Å². The Morgan fingerprint density at radius 3 is 2.39 bits per heavy atom. The number of benzene rings is 1. The number of carbonyl (C=O) groups excluding carboxylic acids is 1. The summed E-state index contributed by atoms with van der Waals surface area (Å²) in [5.41, 5.74) is 2.75. The smallest absolute Gasteiger partial charge is 0.236 e. The Morgan fingerprint density at radius 2 is 1.70 bits per heavy atom. The molecule has 2 fully saturated rings. The number of amides is 1. The van der Waals surface area contributed by atoms with Crippen molar-refractivity contribution in [2.45, 2.75) is 13.5 Å². The predicted molar refractivity (Wildman–Crippen MR) is 92.3 cm³/mol. The maximum absolute atomic E-state index is 12.4. The van der Waals surface area contributed by atoms with Gasteiger partial charge in [0.1, 0.15) is 0 Å². The van der Waals surface area contributed by atoms with Crippen molar-refractivity contribution in [1.29, 1.82) is 0 Å². The van der Waals surface area contributed by atoms with Gasteiger partial charge in [-0.05, 0) is 18.1 Å². The number of hydrogen-bond donors (Lipinski definition) is 1. The van der Waals surface area contributed by atoms with E-state index in [1.807, 2.05) is 4.90 Å². The van der Waals surface area contributed by atoms with Crippen LogP contribution in [0.1, 0.15) is 11.1 Å². The second-order valence-electron chi connectivity index (χ2n) is 6.61. The van der Waals surface area contributed by atoms with Crippen molar-refractivity contribution < 1.29 is 4.79 Å². The average molecular weight is 316 g/mol. The van der Waals surface area contributed by atoms with E-state index in [0.717, 1.165) is 58.9 Å². The average Bonchev–Trinajstić information content (AvgIpc) is 2.58. The molecule has 2 aliphatic heterocycles. The zero-order chi connectivity index (χ0) is 16.1. The summed E-state index contributed by atoms with van der Waals surface area (Å²) in [5, 5.41) is 3.33. The van der Waals surface area contributed by atoms with E-state index in [1.54, 1.807) is 0 Å². The normalized spacial score (nSPS) is 20.7. The number of aryl methyl sites for hydroxylation is 1. The lowest BCUT2D eigenvalue weighted by molar-refractivity contribution is -0.134. The predicted octanol–water partition coefficient (Wildman–Crippen LogP) is 0.544. The zero-order valence-electron chi connectivity index (χ0n) is 14.1. The fourth-order valence-electron chi connectivity index (χ4n) is 3.34. The summed E-state index contributed by atoms with van der Waals surface area (Å²) in [6.45, 7) is 11.4. The van der Waals surface area contributed by atoms with Crippen LogP contribution in [0.25, 0.3) is 0 Å². The molecular formula is C18H28N4O. The summed E-state index contributed by atoms with van der Waals surface area (Å²) in [6.07, 6.45) is 0. The minimum Gasteiger partial charge on any atom is -0.339 e. The minimum absolute atomic E-state index is 0.294. The van der Waals surface area contributed by atoms with Gasteiger partial charge in [-0.15, -0.1) is 0 Å². The topological polar surface area (TPSA) is 38.8 Å². The van der Waals surface area contributed by atoms with Crippen LogP contribution in [0.2, 0.25) is 0 Å². The van der Waals surface area contributed by atoms with Crippen LogP contribution in [0.3, 0.4) is 0 Å². The van der Waals surface area contributed by atoms with Crippen LogP contribution in [0.4, 0.5) is 0 Å². The molecule has 2 aliphatic rings. The van der Waals surface area contributed by atoms with Crippen LogP contribution in [0.5, 0.6) is 0 Å². The number of rotatable bonds is 4. The summed E-state index contributed by atoms with van der Waals surface area (Å²) >= 11 is 0. The third-order valence-electron chi connectivity index (χ3n) is 4.95. The van der Waals surface area contributed by atoms with Gasteiger partial charge in [-0.1, -0.05) is 24.3 Å². The first kappa shape index (κ1) is 16.4. The van der Waals surface area contributed by atoms with Gasteiger partial charge < -0.3 is 10.2 Å². The largest absolute Gasteiger partial charge is 0.339 e. The molecule has 0 spiro atoms. The van der Waals surface area contributed by atoms with Gasteiger partial charge in [0.25, 0.3) is 0 Å². The molecule has 1 amide bonds. The Bertz CT molecular complexity index is 520. The van der Waals surface area contributed by atoms with Crippen LogP contribution in [-0.4, -0.2) is 79.5 Å². The van der Waals surface area contributed by atoms with Crippen LogP contribution in [0, 0.1) is 6.92 Å². The molecule has 2 saturated heterocycles. The number of nitrogens with one attached hydrogen (secondary N) is 1. The van der Waals surface area contributed by atoms with Gasteiger partial charge in [-0.2, -0.15) is 0 Å². The fraction of sp³-hybridized carbons (Fsp3) is 0.611. The van der Waals surface area contributed by atoms with Gasteiger partial charge in [-0.3, -0.25) is 14.6 Å². The lowest BCUT2D eigenvalue weighted by atomic mass is 10.1. The molecule has 23 heavy (non-hydrogen) atoms. The monoisotopic (exact) mass is 316 g/mol. The van der Waals surface area contributed by atoms with Crippen molar-refractivity contribution in [3.8, 4) is 0 Å². The van der Waals surface area contributed by atoms with Gasteiger partial charge in [0, 0.05) is 58.9 Å². The van der Waals surface area contributed by atoms with Crippen LogP contribution in [0.15, 0.2) is 24.3 Å². The maximum Gasteiger partial charge on any atom is 0.236 e. The molecule has 0 radical (unpaired) electrons. The van der Waals surface area contributed by atoms with Crippen molar-refractivity contribution >= 4 is 5.91 Å². The van der Waals surface area contributed by atoms with Crippen LogP contribution in [-0.2, 0) is 11.3 Å². The molecule has 0 aliphatic carbocycles. The Hall–Kier alpha value is -1.43. The van der Waals surface area contributed by atoms with Gasteiger partial charge >= 0.3 is 0 Å². The molecule has 1 N–H and O–H groups in total. The Labute approximate surface area is 139 Å². The molecule has 3 rings (SSSR count). The molecule has 5 nitrogen and oxygen atoms in total. The molecule has 0 unspecified atom stereocenters. The quantitative estimate of drug-likeness (QED) is 0.880. The summed E-state index contributed by atoms with van der Waals surface area (Å²) in [5.74, 6) is 0.294. The minimum atomic E-state index is 0.294. The molecule has 5 heteroatoms. The molecule has 126 valence electrons. The first-order valence-electron chi connectivity index (χ1n) is 8.70. The third-order valence-corrected chi connectivity index (χ3v) is 4.95. The first-order valence-corrected chi connectivity index (χ1v) is 8.70.